The topological polar surface area (TPSA) is 49.4 Å². The Morgan fingerprint density at radius 3 is 2.44 bits per heavy atom. The second kappa shape index (κ2) is 3.55. The van der Waals surface area contributed by atoms with E-state index in [1.165, 1.54) is 19.3 Å². The summed E-state index contributed by atoms with van der Waals surface area (Å²) in [5.41, 5.74) is 0.256. The van der Waals surface area contributed by atoms with E-state index in [2.05, 4.69) is 5.32 Å². The molecule has 16 heavy (non-hydrogen) atoms. The van der Waals surface area contributed by atoms with Crippen LogP contribution in [0.4, 0.5) is 0 Å². The summed E-state index contributed by atoms with van der Waals surface area (Å²) in [4.78, 5) is 24.9. The third kappa shape index (κ3) is 1.47. The minimum atomic E-state index is 0.0476. The van der Waals surface area contributed by atoms with Gasteiger partial charge in [0.2, 0.25) is 11.8 Å². The predicted molar refractivity (Wildman–Crippen MR) is 58.7 cm³/mol. The smallest absolute Gasteiger partial charge is 0.229 e. The minimum Gasteiger partial charge on any atom is -0.311 e. The van der Waals surface area contributed by atoms with Crippen LogP contribution in [-0.4, -0.2) is 34.8 Å². The second-order valence-electron chi connectivity index (χ2n) is 5.36. The van der Waals surface area contributed by atoms with Gasteiger partial charge < -0.3 is 5.32 Å². The van der Waals surface area contributed by atoms with Crippen LogP contribution in [0.3, 0.4) is 0 Å². The summed E-state index contributed by atoms with van der Waals surface area (Å²) in [5.74, 6) is 0.0951. The van der Waals surface area contributed by atoms with Gasteiger partial charge in [-0.05, 0) is 38.6 Å². The number of likely N-dealkylation sites (tertiary alicyclic amines) is 1. The van der Waals surface area contributed by atoms with Gasteiger partial charge in [-0.1, -0.05) is 0 Å². The molecule has 4 nitrogen and oxygen atoms in total. The van der Waals surface area contributed by atoms with E-state index in [0.717, 1.165) is 19.4 Å². The van der Waals surface area contributed by atoms with Crippen LogP contribution < -0.4 is 5.32 Å². The molecule has 4 heteroatoms. The third-order valence-corrected chi connectivity index (χ3v) is 4.37. The molecule has 2 aliphatic heterocycles. The van der Waals surface area contributed by atoms with Crippen LogP contribution in [0.5, 0.6) is 0 Å². The van der Waals surface area contributed by atoms with Gasteiger partial charge in [0, 0.05) is 24.4 Å². The average Bonchev–Trinajstić information content (AvgIpc) is 2.57. The number of imide groups is 1. The Kier molecular flexibility index (Phi) is 2.28. The molecule has 1 atom stereocenters. The minimum absolute atomic E-state index is 0.0476. The molecule has 2 saturated heterocycles. The maximum atomic E-state index is 11.7. The number of rotatable bonds is 1. The number of nitrogens with zero attached hydrogens (tertiary/aromatic N) is 1. The second-order valence-corrected chi connectivity index (χ2v) is 5.36. The van der Waals surface area contributed by atoms with Crippen molar-refractivity contribution in [1.82, 2.24) is 10.2 Å². The average molecular weight is 222 g/mol. The lowest BCUT2D eigenvalue weighted by atomic mass is 9.70. The highest BCUT2D eigenvalue weighted by atomic mass is 16.2. The first kappa shape index (κ1) is 10.3. The van der Waals surface area contributed by atoms with Gasteiger partial charge in [-0.15, -0.1) is 0 Å². The van der Waals surface area contributed by atoms with Gasteiger partial charge in [-0.2, -0.15) is 0 Å². The van der Waals surface area contributed by atoms with E-state index in [4.69, 9.17) is 0 Å². The summed E-state index contributed by atoms with van der Waals surface area (Å²) in [6.45, 7) is 0.946. The summed E-state index contributed by atoms with van der Waals surface area (Å²) in [7, 11) is 0. The number of nitrogens with one attached hydrogen (secondary N) is 1. The van der Waals surface area contributed by atoms with Crippen LogP contribution >= 0.6 is 0 Å². The summed E-state index contributed by atoms with van der Waals surface area (Å²) < 4.78 is 0. The molecule has 0 radical (unpaired) electrons. The fourth-order valence-electron chi connectivity index (χ4n) is 3.34. The van der Waals surface area contributed by atoms with Gasteiger partial charge in [0.25, 0.3) is 0 Å². The normalized spacial score (nSPS) is 33.2. The zero-order chi connectivity index (χ0) is 11.2. The zero-order valence-electron chi connectivity index (χ0n) is 9.50. The van der Waals surface area contributed by atoms with E-state index in [1.807, 2.05) is 0 Å². The maximum absolute atomic E-state index is 11.7. The standard InChI is InChI=1S/C12H18N2O2/c15-10-2-3-11(16)14(10)9-4-7-13-12(8-9)5-1-6-12/h9,13H,1-8H2. The highest BCUT2D eigenvalue weighted by molar-refractivity contribution is 6.02. The summed E-state index contributed by atoms with van der Waals surface area (Å²) in [6, 6.07) is 0.170. The summed E-state index contributed by atoms with van der Waals surface area (Å²) in [6.07, 6.45) is 6.45. The van der Waals surface area contributed by atoms with Crippen molar-refractivity contribution in [1.29, 1.82) is 0 Å². The molecule has 1 unspecified atom stereocenters. The van der Waals surface area contributed by atoms with Gasteiger partial charge >= 0.3 is 0 Å². The molecule has 3 fully saturated rings. The van der Waals surface area contributed by atoms with E-state index in [9.17, 15) is 9.59 Å². The highest BCUT2D eigenvalue weighted by Gasteiger charge is 2.45. The van der Waals surface area contributed by atoms with Crippen molar-refractivity contribution >= 4 is 11.8 Å². The monoisotopic (exact) mass is 222 g/mol. The van der Waals surface area contributed by atoms with E-state index >= 15 is 0 Å². The molecule has 3 aliphatic rings. The molecule has 3 rings (SSSR count). The van der Waals surface area contributed by atoms with Gasteiger partial charge in [-0.25, -0.2) is 0 Å². The van der Waals surface area contributed by atoms with Crippen LogP contribution in [0.25, 0.3) is 0 Å². The van der Waals surface area contributed by atoms with Crippen LogP contribution in [0.2, 0.25) is 0 Å². The van der Waals surface area contributed by atoms with Crippen molar-refractivity contribution in [3.8, 4) is 0 Å². The molecule has 88 valence electrons. The van der Waals surface area contributed by atoms with Gasteiger partial charge in [0.05, 0.1) is 0 Å². The van der Waals surface area contributed by atoms with E-state index in [0.29, 0.717) is 12.8 Å². The van der Waals surface area contributed by atoms with Crippen LogP contribution in [-0.2, 0) is 9.59 Å². The van der Waals surface area contributed by atoms with Crippen molar-refractivity contribution in [3.63, 3.8) is 0 Å². The van der Waals surface area contributed by atoms with Crippen molar-refractivity contribution in [2.75, 3.05) is 6.54 Å². The van der Waals surface area contributed by atoms with Crippen LogP contribution in [0, 0.1) is 0 Å². The molecule has 0 aromatic rings. The molecule has 1 aliphatic carbocycles. The molecule has 1 spiro atoms. The first-order valence-electron chi connectivity index (χ1n) is 6.30. The fraction of sp³-hybridized carbons (Fsp3) is 0.833. The Balaban J connectivity index is 1.74. The fourth-order valence-corrected chi connectivity index (χ4v) is 3.34. The third-order valence-electron chi connectivity index (χ3n) is 4.37. The lowest BCUT2D eigenvalue weighted by Crippen LogP contribution is -2.60. The summed E-state index contributed by atoms with van der Waals surface area (Å²) >= 11 is 0. The number of piperidine rings is 1. The van der Waals surface area contributed by atoms with Gasteiger partial charge in [0.1, 0.15) is 0 Å². The Bertz CT molecular complexity index is 320. The van der Waals surface area contributed by atoms with Crippen molar-refractivity contribution in [2.24, 2.45) is 0 Å². The number of hydrogen-bond donors (Lipinski definition) is 1. The molecular formula is C12H18N2O2. The first-order valence-corrected chi connectivity index (χ1v) is 6.30. The van der Waals surface area contributed by atoms with Gasteiger partial charge in [0.15, 0.2) is 0 Å². The Labute approximate surface area is 95.4 Å². The number of hydrogen-bond acceptors (Lipinski definition) is 3. The first-order chi connectivity index (χ1) is 7.70. The van der Waals surface area contributed by atoms with E-state index in [-0.39, 0.29) is 23.4 Å². The summed E-state index contributed by atoms with van der Waals surface area (Å²) in [5, 5.41) is 3.57. The van der Waals surface area contributed by atoms with Crippen LogP contribution in [0.1, 0.15) is 44.9 Å². The van der Waals surface area contributed by atoms with Crippen molar-refractivity contribution in [2.45, 2.75) is 56.5 Å². The zero-order valence-corrected chi connectivity index (χ0v) is 9.50. The highest BCUT2D eigenvalue weighted by Crippen LogP contribution is 2.40. The lowest BCUT2D eigenvalue weighted by Gasteiger charge is -2.49. The molecule has 2 amide bonds. The largest absolute Gasteiger partial charge is 0.311 e. The predicted octanol–water partition coefficient (Wildman–Crippen LogP) is 0.810. The molecule has 1 N–H and O–H groups in total. The van der Waals surface area contributed by atoms with Crippen molar-refractivity contribution in [3.05, 3.63) is 0 Å². The van der Waals surface area contributed by atoms with Crippen molar-refractivity contribution < 1.29 is 9.59 Å². The maximum Gasteiger partial charge on any atom is 0.229 e. The molecular weight excluding hydrogens is 204 g/mol. The molecule has 1 saturated carbocycles. The molecule has 0 aromatic carbocycles. The Morgan fingerprint density at radius 1 is 1.19 bits per heavy atom. The molecule has 0 aromatic heterocycles. The lowest BCUT2D eigenvalue weighted by molar-refractivity contribution is -0.142. The number of carbonyl (C=O) groups is 2. The van der Waals surface area contributed by atoms with E-state index in [1.54, 1.807) is 4.90 Å². The SMILES string of the molecule is O=C1CCC(=O)N1C1CCNC2(CCC2)C1. The quantitative estimate of drug-likeness (QED) is 0.668. The molecule has 0 bridgehead atoms. The van der Waals surface area contributed by atoms with Crippen LogP contribution in [0.15, 0.2) is 0 Å². The van der Waals surface area contributed by atoms with Gasteiger partial charge in [-0.3, -0.25) is 14.5 Å². The Hall–Kier alpha value is -0.900. The number of carbonyl (C=O) groups excluding carboxylic acids is 2. The number of amides is 2. The van der Waals surface area contributed by atoms with E-state index < -0.39 is 0 Å². The Morgan fingerprint density at radius 2 is 1.88 bits per heavy atom. The molecule has 2 heterocycles.